The quantitative estimate of drug-likeness (QED) is 0.490. The number of alkyl halides is 1. The number of hydrogen-bond donors (Lipinski definition) is 0. The lowest BCUT2D eigenvalue weighted by Crippen LogP contribution is -1.51. The van der Waals surface area contributed by atoms with E-state index in [1.807, 2.05) is 0 Å². The third kappa shape index (κ3) is 2.77. The molecule has 1 radical (unpaired) electrons. The summed E-state index contributed by atoms with van der Waals surface area (Å²) in [5, 5.41) is 1.70. The molecule has 0 unspecified atom stereocenters. The highest BCUT2D eigenvalue weighted by atomic mass is 79.9. The van der Waals surface area contributed by atoms with Crippen LogP contribution in [0.5, 0.6) is 0 Å². The van der Waals surface area contributed by atoms with E-state index in [1.54, 1.807) is 5.33 Å². The van der Waals surface area contributed by atoms with E-state index in [4.69, 9.17) is 11.6 Å². The van der Waals surface area contributed by atoms with E-state index in [-0.39, 0.29) is 0 Å². The van der Waals surface area contributed by atoms with Crippen molar-refractivity contribution < 1.29 is 0 Å². The van der Waals surface area contributed by atoms with Gasteiger partial charge in [-0.05, 0) is 0 Å². The first-order valence-electron chi connectivity index (χ1n) is 0.894. The van der Waals surface area contributed by atoms with E-state index in [9.17, 15) is 0 Å². The predicted molar refractivity (Wildman–Crippen MR) is 23.9 cm³/mol. The van der Waals surface area contributed by atoms with Gasteiger partial charge in [-0.1, -0.05) is 15.9 Å². The van der Waals surface area contributed by atoms with E-state index in [2.05, 4.69) is 15.9 Å². The average molecular weight is 142 g/mol. The Morgan fingerprint density at radius 3 is 2.25 bits per heavy atom. The van der Waals surface area contributed by atoms with Crippen LogP contribution in [0.15, 0.2) is 0 Å². The van der Waals surface area contributed by atoms with Crippen LogP contribution in [0, 0.1) is 5.33 Å². The SMILES string of the molecule is ClC[CH]Br. The molecule has 0 aliphatic rings. The van der Waals surface area contributed by atoms with Crippen LogP contribution in [0.2, 0.25) is 0 Å². The van der Waals surface area contributed by atoms with Crippen molar-refractivity contribution >= 4 is 27.5 Å². The highest BCUT2D eigenvalue weighted by molar-refractivity contribution is 9.10. The lowest BCUT2D eigenvalue weighted by atomic mass is 11.0. The predicted octanol–water partition coefficient (Wildman–Crippen LogP) is 1.78. The van der Waals surface area contributed by atoms with Crippen LogP contribution in [0.3, 0.4) is 0 Å². The second kappa shape index (κ2) is 3.77. The monoisotopic (exact) mass is 141 g/mol. The molecule has 0 saturated heterocycles. The van der Waals surface area contributed by atoms with E-state index in [1.165, 1.54) is 0 Å². The van der Waals surface area contributed by atoms with Crippen LogP contribution in [0.4, 0.5) is 0 Å². The first kappa shape index (κ1) is 4.77. The minimum absolute atomic E-state index is 0.583. The molecule has 0 atom stereocenters. The van der Waals surface area contributed by atoms with Crippen molar-refractivity contribution in [2.75, 3.05) is 5.88 Å². The fraction of sp³-hybridized carbons (Fsp3) is 0.500. The fourth-order valence-corrected chi connectivity index (χ4v) is 0. The van der Waals surface area contributed by atoms with Crippen LogP contribution < -0.4 is 0 Å². The van der Waals surface area contributed by atoms with Gasteiger partial charge >= 0.3 is 0 Å². The second-order valence-electron chi connectivity index (χ2n) is 0.309. The van der Waals surface area contributed by atoms with Crippen LogP contribution in [0.25, 0.3) is 0 Å². The molecule has 0 spiro atoms. The van der Waals surface area contributed by atoms with Crippen molar-refractivity contribution in [1.82, 2.24) is 0 Å². The minimum Gasteiger partial charge on any atom is -0.125 e. The topological polar surface area (TPSA) is 0 Å². The molecule has 0 bridgehead atoms. The van der Waals surface area contributed by atoms with Gasteiger partial charge in [0.15, 0.2) is 0 Å². The first-order valence-corrected chi connectivity index (χ1v) is 2.34. The Labute approximate surface area is 39.3 Å². The summed E-state index contributed by atoms with van der Waals surface area (Å²) in [6.45, 7) is 0. The van der Waals surface area contributed by atoms with Gasteiger partial charge in [0.05, 0.1) is 0 Å². The molecule has 4 heavy (non-hydrogen) atoms. The van der Waals surface area contributed by atoms with E-state index in [0.717, 1.165) is 0 Å². The van der Waals surface area contributed by atoms with E-state index < -0.39 is 0 Å². The van der Waals surface area contributed by atoms with Gasteiger partial charge in [0.25, 0.3) is 0 Å². The zero-order chi connectivity index (χ0) is 3.41. The Morgan fingerprint density at radius 2 is 2.25 bits per heavy atom. The molecule has 25 valence electrons. The largest absolute Gasteiger partial charge is 0.125 e. The first-order chi connectivity index (χ1) is 1.91. The summed E-state index contributed by atoms with van der Waals surface area (Å²) >= 11 is 8.07. The summed E-state index contributed by atoms with van der Waals surface area (Å²) in [5.41, 5.74) is 0. The van der Waals surface area contributed by atoms with Crippen LogP contribution in [0.1, 0.15) is 0 Å². The van der Waals surface area contributed by atoms with Crippen molar-refractivity contribution in [2.24, 2.45) is 0 Å². The Kier molecular flexibility index (Phi) is 4.50. The molecule has 2 heteroatoms. The summed E-state index contributed by atoms with van der Waals surface area (Å²) in [7, 11) is 0. The number of hydrogen-bond acceptors (Lipinski definition) is 0. The molecule has 0 aromatic carbocycles. The molecule has 0 heterocycles. The highest BCUT2D eigenvalue weighted by Gasteiger charge is 1.62. The van der Waals surface area contributed by atoms with E-state index in [0.29, 0.717) is 5.88 Å². The van der Waals surface area contributed by atoms with Crippen molar-refractivity contribution in [3.05, 3.63) is 5.33 Å². The smallest absolute Gasteiger partial charge is 0.0418 e. The molecule has 0 N–H and O–H groups in total. The van der Waals surface area contributed by atoms with Gasteiger partial charge < -0.3 is 0 Å². The molecular formula is C2H3BrCl. The summed E-state index contributed by atoms with van der Waals surface area (Å²) in [4.78, 5) is 0. The van der Waals surface area contributed by atoms with Gasteiger partial charge in [-0.25, -0.2) is 0 Å². The molecule has 0 aliphatic heterocycles. The molecule has 0 fully saturated rings. The van der Waals surface area contributed by atoms with Crippen LogP contribution in [-0.2, 0) is 0 Å². The molecular weight excluding hydrogens is 139 g/mol. The molecule has 0 aromatic rings. The van der Waals surface area contributed by atoms with Crippen LogP contribution >= 0.6 is 27.5 Å². The maximum Gasteiger partial charge on any atom is 0.0418 e. The molecule has 0 rings (SSSR count). The van der Waals surface area contributed by atoms with Gasteiger partial charge in [-0.2, -0.15) is 0 Å². The summed E-state index contributed by atoms with van der Waals surface area (Å²) in [6.07, 6.45) is 0. The van der Waals surface area contributed by atoms with Gasteiger partial charge in [0, 0.05) is 11.2 Å². The summed E-state index contributed by atoms with van der Waals surface area (Å²) < 4.78 is 0. The van der Waals surface area contributed by atoms with Gasteiger partial charge in [0.1, 0.15) is 0 Å². The molecule has 0 amide bonds. The minimum atomic E-state index is 0.583. The maximum absolute atomic E-state index is 5.08. The lowest BCUT2D eigenvalue weighted by molar-refractivity contribution is 1.76. The van der Waals surface area contributed by atoms with Crippen molar-refractivity contribution in [2.45, 2.75) is 0 Å². The van der Waals surface area contributed by atoms with Gasteiger partial charge in [-0.15, -0.1) is 11.6 Å². The zero-order valence-electron chi connectivity index (χ0n) is 2.04. The third-order valence-electron chi connectivity index (χ3n) is 0.0583. The zero-order valence-corrected chi connectivity index (χ0v) is 4.38. The Bertz CT molecular complexity index is 8.00. The standard InChI is InChI=1S/C2H3BrCl/c3-1-2-4/h1H,2H2. The lowest BCUT2D eigenvalue weighted by Gasteiger charge is -1.62. The summed E-state index contributed by atoms with van der Waals surface area (Å²) in [6, 6.07) is 0. The number of halogens is 2. The van der Waals surface area contributed by atoms with Gasteiger partial charge in [-0.3, -0.25) is 0 Å². The van der Waals surface area contributed by atoms with Crippen molar-refractivity contribution in [3.8, 4) is 0 Å². The summed E-state index contributed by atoms with van der Waals surface area (Å²) in [5.74, 6) is 0.583. The van der Waals surface area contributed by atoms with Gasteiger partial charge in [0.2, 0.25) is 0 Å². The maximum atomic E-state index is 5.08. The molecule has 0 saturated carbocycles. The fourth-order valence-electron chi connectivity index (χ4n) is 0. The van der Waals surface area contributed by atoms with E-state index >= 15 is 0 Å². The Hall–Kier alpha value is 0.770. The average Bonchev–Trinajstić information content (AvgIpc) is 1.37. The van der Waals surface area contributed by atoms with Crippen molar-refractivity contribution in [1.29, 1.82) is 0 Å². The Balaban J connectivity index is 1.97. The van der Waals surface area contributed by atoms with Crippen LogP contribution in [-0.4, -0.2) is 5.88 Å². The third-order valence-corrected chi connectivity index (χ3v) is 0.909. The number of rotatable bonds is 1. The van der Waals surface area contributed by atoms with Crippen molar-refractivity contribution in [3.63, 3.8) is 0 Å². The molecule has 0 aromatic heterocycles. The normalized spacial score (nSPS) is 7.50. The second-order valence-corrected chi connectivity index (χ2v) is 1.26. The highest BCUT2D eigenvalue weighted by Crippen LogP contribution is 1.87. The molecule has 0 aliphatic carbocycles. The molecule has 0 nitrogen and oxygen atoms in total. The Morgan fingerprint density at radius 1 is 2.00 bits per heavy atom.